The first kappa shape index (κ1) is 55.2. The van der Waals surface area contributed by atoms with Gasteiger partial charge in [-0.3, -0.25) is 0 Å². The molecule has 10 nitrogen and oxygen atoms in total. The van der Waals surface area contributed by atoms with Crippen molar-refractivity contribution in [1.82, 2.24) is 0 Å². The SMILES string of the molecule is C=C(CCCCCO[CH2-])[Si](C)(C)O[Si](C)(C)O[Si](C)(C)O[Si](C)(C)O.C=C(CCCCCO[CH2-])[Si](C)(C)O[Si](C)(C)O[Si](C)(C)O[Si](C)(C)O.[Rf]. The van der Waals surface area contributed by atoms with Crippen molar-refractivity contribution in [3.63, 3.8) is 0 Å². The summed E-state index contributed by atoms with van der Waals surface area (Å²) in [6.07, 6.45) is 8.43. The van der Waals surface area contributed by atoms with Gasteiger partial charge >= 0.3 is 51.4 Å². The average Bonchev–Trinajstić information content (AvgIpc) is 2.82. The molecule has 0 rings (SSSR count). The summed E-state index contributed by atoms with van der Waals surface area (Å²) in [5, 5.41) is 2.42. The monoisotopic (exact) mass is 1110 g/mol. The molecule has 0 amide bonds. The van der Waals surface area contributed by atoms with E-state index in [-0.39, 0.29) is 0 Å². The topological polar surface area (TPSA) is 114 Å². The first-order chi connectivity index (χ1) is 22.2. The van der Waals surface area contributed by atoms with Crippen LogP contribution in [0.3, 0.4) is 0 Å². The van der Waals surface area contributed by atoms with E-state index in [2.05, 4.69) is 79.8 Å². The van der Waals surface area contributed by atoms with E-state index in [1.807, 2.05) is 26.2 Å². The van der Waals surface area contributed by atoms with Crippen LogP contribution in [0.25, 0.3) is 0 Å². The van der Waals surface area contributed by atoms with Crippen LogP contribution in [0.1, 0.15) is 51.4 Å². The minimum atomic E-state index is -2.62. The predicted molar refractivity (Wildman–Crippen MR) is 229 cm³/mol. The van der Waals surface area contributed by atoms with Gasteiger partial charge in [0.2, 0.25) is 16.6 Å². The van der Waals surface area contributed by atoms with Gasteiger partial charge in [-0.05, 0) is 143 Å². The zero-order valence-electron chi connectivity index (χ0n) is 35.8. The van der Waals surface area contributed by atoms with E-state index in [9.17, 15) is 9.59 Å². The molecule has 0 radical (unpaired) electrons. The molecule has 19 heteroatoms. The summed E-state index contributed by atoms with van der Waals surface area (Å²) in [4.78, 5) is 20.1. The Kier molecular flexibility index (Phi) is 24.9. The van der Waals surface area contributed by atoms with Crippen molar-refractivity contribution >= 4 is 68.0 Å². The molecule has 0 saturated carbocycles. The van der Waals surface area contributed by atoms with E-state index in [0.717, 1.165) is 51.4 Å². The van der Waals surface area contributed by atoms with E-state index in [4.69, 9.17) is 34.2 Å². The molecule has 0 heterocycles. The summed E-state index contributed by atoms with van der Waals surface area (Å²) < 4.78 is 47.1. The van der Waals surface area contributed by atoms with Crippen molar-refractivity contribution in [3.05, 3.63) is 37.8 Å². The molecule has 0 aliphatic heterocycles. The molecule has 0 fully saturated rings. The van der Waals surface area contributed by atoms with Gasteiger partial charge in [-0.1, -0.05) is 23.2 Å². The largest absolute Gasteiger partial charge is 0.555 e. The molecule has 2 N–H and O–H groups in total. The van der Waals surface area contributed by atoms with Crippen LogP contribution in [0.4, 0.5) is 0 Å². The molecule has 51 heavy (non-hydrogen) atoms. The zero-order chi connectivity index (χ0) is 39.9. The normalized spacial score (nSPS) is 13.7. The maximum atomic E-state index is 10.1. The van der Waals surface area contributed by atoms with Crippen molar-refractivity contribution < 1.29 is 43.8 Å². The van der Waals surface area contributed by atoms with E-state index in [1.54, 1.807) is 26.2 Å². The molecule has 0 unspecified atom stereocenters. The van der Waals surface area contributed by atoms with Crippen molar-refractivity contribution in [2.45, 2.75) is 156 Å². The maximum absolute atomic E-state index is 10.1. The number of rotatable bonds is 26. The van der Waals surface area contributed by atoms with Gasteiger partial charge in [-0.25, -0.2) is 14.2 Å². The third kappa shape index (κ3) is 29.8. The fourth-order valence-electron chi connectivity index (χ4n) is 5.88. The molecule has 0 aliphatic rings. The molecular formula is C32H78O10RfSi8-2. The standard InChI is InChI=1S/2C16H39O5Si4.Rf/c2*1-16(14-12-11-13-15-18-2)22(3,4)19-24(7,8)21-25(9,10)20-23(5,6)17;/h2*17H,1-2,11-15H2,3-10H3;/q2*-1;. The fourth-order valence-corrected chi connectivity index (χ4v) is 39.7. The number of hydrogen-bond acceptors (Lipinski definition) is 10. The van der Waals surface area contributed by atoms with Gasteiger partial charge in [0.15, 0.2) is 0 Å². The van der Waals surface area contributed by atoms with Gasteiger partial charge in [0.1, 0.15) is 0 Å². The summed E-state index contributed by atoms with van der Waals surface area (Å²) >= 11 is 0. The Morgan fingerprint density at radius 3 is 0.922 bits per heavy atom. The van der Waals surface area contributed by atoms with Crippen LogP contribution >= 0.6 is 0 Å². The summed E-state index contributed by atoms with van der Waals surface area (Å²) in [6.45, 7) is 42.0. The molecule has 0 bridgehead atoms. The van der Waals surface area contributed by atoms with Gasteiger partial charge < -0.3 is 43.8 Å². The quantitative estimate of drug-likeness (QED) is 0.0494. The first-order valence-electron chi connectivity index (χ1n) is 18.0. The zero-order valence-corrected chi connectivity index (χ0v) is 50.2. The van der Waals surface area contributed by atoms with Crippen LogP contribution < -0.4 is 0 Å². The van der Waals surface area contributed by atoms with Crippen molar-refractivity contribution in [2.24, 2.45) is 0 Å². The third-order valence-corrected chi connectivity index (χ3v) is 34.9. The van der Waals surface area contributed by atoms with Gasteiger partial charge in [-0.15, -0.1) is 13.2 Å². The van der Waals surface area contributed by atoms with E-state index in [1.165, 1.54) is 10.4 Å². The Hall–Kier alpha value is -0.185. The molecule has 0 saturated heterocycles. The molecule has 0 aromatic carbocycles. The van der Waals surface area contributed by atoms with Crippen LogP contribution in [0, 0.1) is 14.2 Å². The van der Waals surface area contributed by atoms with E-state index < -0.39 is 68.0 Å². The van der Waals surface area contributed by atoms with Crippen LogP contribution in [0.15, 0.2) is 23.6 Å². The Balaban J connectivity index is -0.000000886. The van der Waals surface area contributed by atoms with Crippen LogP contribution in [0.2, 0.25) is 105 Å². The fraction of sp³-hybridized carbons (Fsp3) is 0.812. The molecule has 0 aromatic rings. The molecule has 0 aliphatic carbocycles. The van der Waals surface area contributed by atoms with Crippen molar-refractivity contribution in [1.29, 1.82) is 0 Å². The smallest absolute Gasteiger partial charge is 0.320 e. The summed E-state index contributed by atoms with van der Waals surface area (Å²) in [5.41, 5.74) is 0. The number of allylic oxidation sites excluding steroid dienone is 2. The third-order valence-electron chi connectivity index (χ3n) is 7.21. The average molecular weight is 1110 g/mol. The van der Waals surface area contributed by atoms with Crippen LogP contribution in [-0.2, 0) is 34.2 Å². The molecule has 302 valence electrons. The second-order valence-electron chi connectivity index (χ2n) is 16.8. The Bertz CT molecular complexity index is 924. The Labute approximate surface area is 317 Å². The summed E-state index contributed by atoms with van der Waals surface area (Å²) in [5.74, 6) is 0. The number of unbranched alkanes of at least 4 members (excludes halogenated alkanes) is 4. The van der Waals surface area contributed by atoms with Crippen molar-refractivity contribution in [2.75, 3.05) is 13.2 Å². The van der Waals surface area contributed by atoms with Gasteiger partial charge in [0.25, 0.3) is 0 Å². The minimum Gasteiger partial charge on any atom is -0.555 e. The molecule has 0 atom stereocenters. The van der Waals surface area contributed by atoms with E-state index in [0.29, 0.717) is 13.2 Å². The maximum Gasteiger partial charge on any atom is 0.320 e. The second kappa shape index (κ2) is 23.0. The molecule has 0 aromatic heterocycles. The predicted octanol–water partition coefficient (Wildman–Crippen LogP) is 9.61. The number of hydrogen-bond donors (Lipinski definition) is 2. The summed E-state index contributed by atoms with van der Waals surface area (Å²) in [6, 6.07) is 0. The van der Waals surface area contributed by atoms with Gasteiger partial charge in [0.05, 0.1) is 0 Å². The van der Waals surface area contributed by atoms with Gasteiger partial charge in [-0.2, -0.15) is 0 Å². The van der Waals surface area contributed by atoms with E-state index >= 15 is 0 Å². The van der Waals surface area contributed by atoms with Crippen LogP contribution in [0.5, 0.6) is 0 Å². The Morgan fingerprint density at radius 2 is 0.686 bits per heavy atom. The van der Waals surface area contributed by atoms with Crippen molar-refractivity contribution in [3.8, 4) is 0 Å². The minimum absolute atomic E-state index is 0. The van der Waals surface area contributed by atoms with Crippen LogP contribution in [-0.4, -0.2) is 90.8 Å². The molecule has 0 spiro atoms. The Morgan fingerprint density at radius 1 is 0.431 bits per heavy atom. The summed E-state index contributed by atoms with van der Waals surface area (Å²) in [7, 11) is -12.2. The second-order valence-corrected chi connectivity index (χ2v) is 46.1. The first-order valence-corrected chi connectivity index (χ1v) is 40.8. The number of ether oxygens (including phenoxy) is 2. The van der Waals surface area contributed by atoms with Gasteiger partial charge in [0, 0.05) is 13.2 Å². The molecular weight excluding hydrogens is 1040 g/mol.